The van der Waals surface area contributed by atoms with Gasteiger partial charge >= 0.3 is 5.97 Å². The number of nitrogens with zero attached hydrogens (tertiary/aromatic N) is 1. The Labute approximate surface area is 137 Å². The lowest BCUT2D eigenvalue weighted by atomic mass is 9.45. The van der Waals surface area contributed by atoms with Gasteiger partial charge in [-0.3, -0.25) is 14.5 Å². The molecule has 4 aliphatic rings. The normalized spacial score (nSPS) is 49.4. The quantitative estimate of drug-likeness (QED) is 0.742. The van der Waals surface area contributed by atoms with Crippen LogP contribution in [0.25, 0.3) is 0 Å². The first-order valence-corrected chi connectivity index (χ1v) is 9.07. The van der Waals surface area contributed by atoms with E-state index < -0.39 is 17.2 Å². The van der Waals surface area contributed by atoms with E-state index in [0.29, 0.717) is 24.5 Å². The summed E-state index contributed by atoms with van der Waals surface area (Å²) in [7, 11) is 0. The van der Waals surface area contributed by atoms with Crippen molar-refractivity contribution in [3.8, 4) is 0 Å². The molecule has 0 aromatic rings. The summed E-state index contributed by atoms with van der Waals surface area (Å²) >= 11 is 0. The van der Waals surface area contributed by atoms with Crippen LogP contribution in [0.15, 0.2) is 0 Å². The van der Waals surface area contributed by atoms with Gasteiger partial charge in [0.05, 0.1) is 5.54 Å². The first-order chi connectivity index (χ1) is 10.9. The average Bonchev–Trinajstić information content (AvgIpc) is 2.46. The van der Waals surface area contributed by atoms with E-state index in [4.69, 9.17) is 4.74 Å². The van der Waals surface area contributed by atoms with E-state index in [9.17, 15) is 14.7 Å². The van der Waals surface area contributed by atoms with Crippen LogP contribution in [-0.2, 0) is 14.3 Å². The third-order valence-corrected chi connectivity index (χ3v) is 7.02. The molecule has 2 aliphatic carbocycles. The van der Waals surface area contributed by atoms with Crippen molar-refractivity contribution >= 4 is 11.8 Å². The molecule has 4 rings (SSSR count). The number of aliphatic hydroxyl groups is 1. The molecule has 0 unspecified atom stereocenters. The minimum absolute atomic E-state index is 0.0831. The van der Waals surface area contributed by atoms with Gasteiger partial charge in [0, 0.05) is 38.1 Å². The highest BCUT2D eigenvalue weighted by molar-refractivity contribution is 5.85. The number of carbonyl (C=O) groups excluding carboxylic acids is 2. The van der Waals surface area contributed by atoms with Gasteiger partial charge in [-0.05, 0) is 38.1 Å². The van der Waals surface area contributed by atoms with Crippen molar-refractivity contribution in [3.63, 3.8) is 0 Å². The Morgan fingerprint density at radius 1 is 1.35 bits per heavy atom. The zero-order chi connectivity index (χ0) is 16.4. The summed E-state index contributed by atoms with van der Waals surface area (Å²) < 4.78 is 5.60. The van der Waals surface area contributed by atoms with Crippen molar-refractivity contribution < 1.29 is 19.4 Å². The molecule has 1 N–H and O–H groups in total. The van der Waals surface area contributed by atoms with Crippen LogP contribution in [-0.4, -0.2) is 52.1 Å². The predicted molar refractivity (Wildman–Crippen MR) is 83.7 cm³/mol. The number of esters is 1. The molecule has 2 bridgehead atoms. The molecule has 6 atom stereocenters. The lowest BCUT2D eigenvalue weighted by Crippen LogP contribution is -2.83. The van der Waals surface area contributed by atoms with Gasteiger partial charge in [-0.2, -0.15) is 0 Å². The first kappa shape index (κ1) is 15.6. The molecule has 0 radical (unpaired) electrons. The molecule has 5 heteroatoms. The van der Waals surface area contributed by atoms with E-state index in [0.717, 1.165) is 38.8 Å². The van der Waals surface area contributed by atoms with Crippen LogP contribution in [0.3, 0.4) is 0 Å². The highest BCUT2D eigenvalue weighted by Gasteiger charge is 2.73. The van der Waals surface area contributed by atoms with E-state index in [1.165, 1.54) is 6.92 Å². The molecule has 128 valence electrons. The predicted octanol–water partition coefficient (Wildman–Crippen LogP) is 1.52. The van der Waals surface area contributed by atoms with Gasteiger partial charge in [0.2, 0.25) is 0 Å². The van der Waals surface area contributed by atoms with E-state index >= 15 is 0 Å². The van der Waals surface area contributed by atoms with Gasteiger partial charge in [-0.15, -0.1) is 0 Å². The fourth-order valence-electron chi connectivity index (χ4n) is 6.49. The van der Waals surface area contributed by atoms with Crippen LogP contribution in [0, 0.1) is 17.8 Å². The summed E-state index contributed by atoms with van der Waals surface area (Å²) in [4.78, 5) is 26.8. The summed E-state index contributed by atoms with van der Waals surface area (Å²) in [6.45, 7) is 5.40. The highest BCUT2D eigenvalue weighted by Crippen LogP contribution is 2.61. The van der Waals surface area contributed by atoms with Gasteiger partial charge in [0.1, 0.15) is 17.5 Å². The Kier molecular flexibility index (Phi) is 3.40. The number of carbonyl (C=O) groups is 2. The second kappa shape index (κ2) is 5.03. The number of ether oxygens (including phenoxy) is 1. The fourth-order valence-corrected chi connectivity index (χ4v) is 6.49. The average molecular weight is 321 g/mol. The summed E-state index contributed by atoms with van der Waals surface area (Å²) in [5, 5.41) is 11.9. The van der Waals surface area contributed by atoms with E-state index in [1.54, 1.807) is 0 Å². The molecule has 0 aromatic heterocycles. The number of hydrogen-bond acceptors (Lipinski definition) is 5. The van der Waals surface area contributed by atoms with Gasteiger partial charge in [0.25, 0.3) is 0 Å². The highest BCUT2D eigenvalue weighted by atomic mass is 16.6. The molecule has 1 spiro atoms. The van der Waals surface area contributed by atoms with E-state index in [-0.39, 0.29) is 17.8 Å². The van der Waals surface area contributed by atoms with Crippen LogP contribution in [0.2, 0.25) is 0 Å². The second-order valence-corrected chi connectivity index (χ2v) is 8.23. The van der Waals surface area contributed by atoms with Crippen LogP contribution < -0.4 is 0 Å². The lowest BCUT2D eigenvalue weighted by molar-refractivity contribution is -0.288. The molecule has 0 amide bonds. The van der Waals surface area contributed by atoms with Crippen LogP contribution in [0.5, 0.6) is 0 Å². The largest absolute Gasteiger partial charge is 0.459 e. The lowest BCUT2D eigenvalue weighted by Gasteiger charge is -2.70. The van der Waals surface area contributed by atoms with Crippen LogP contribution in [0.4, 0.5) is 0 Å². The molecular formula is C18H27NO4. The van der Waals surface area contributed by atoms with Gasteiger partial charge in [-0.1, -0.05) is 6.92 Å². The molecular weight excluding hydrogens is 294 g/mol. The van der Waals surface area contributed by atoms with E-state index in [1.807, 2.05) is 0 Å². The molecule has 23 heavy (non-hydrogen) atoms. The molecule has 0 aromatic carbocycles. The SMILES string of the molecule is CC(=O)O[C@H]1CCN2CCC[C@@H]3C(=O)C[C@H]4C[C@@H](C)C[C@]32[C@@]41O. The Hall–Kier alpha value is -0.940. The minimum Gasteiger partial charge on any atom is -0.459 e. The van der Waals surface area contributed by atoms with Crippen molar-refractivity contribution in [2.75, 3.05) is 13.1 Å². The molecule has 4 fully saturated rings. The Bertz CT molecular complexity index is 545. The van der Waals surface area contributed by atoms with E-state index in [2.05, 4.69) is 11.8 Å². The maximum Gasteiger partial charge on any atom is 0.303 e. The fraction of sp³-hybridized carbons (Fsp3) is 0.889. The second-order valence-electron chi connectivity index (χ2n) is 8.23. The van der Waals surface area contributed by atoms with Gasteiger partial charge in [-0.25, -0.2) is 0 Å². The topological polar surface area (TPSA) is 66.8 Å². The van der Waals surface area contributed by atoms with Crippen LogP contribution in [0.1, 0.15) is 52.4 Å². The van der Waals surface area contributed by atoms with Gasteiger partial charge < -0.3 is 9.84 Å². The molecule has 2 saturated heterocycles. The summed E-state index contributed by atoms with van der Waals surface area (Å²) in [6, 6.07) is 0. The number of hydrogen-bond donors (Lipinski definition) is 1. The Morgan fingerprint density at radius 3 is 2.87 bits per heavy atom. The smallest absolute Gasteiger partial charge is 0.303 e. The van der Waals surface area contributed by atoms with Crippen LogP contribution >= 0.6 is 0 Å². The zero-order valence-electron chi connectivity index (χ0n) is 14.1. The maximum atomic E-state index is 12.8. The molecule has 2 saturated carbocycles. The van der Waals surface area contributed by atoms with Crippen molar-refractivity contribution in [2.45, 2.75) is 69.6 Å². The van der Waals surface area contributed by atoms with Crippen molar-refractivity contribution in [2.24, 2.45) is 17.8 Å². The Balaban J connectivity index is 1.86. The molecule has 2 aliphatic heterocycles. The minimum atomic E-state index is -1.07. The number of rotatable bonds is 1. The third kappa shape index (κ3) is 1.86. The summed E-state index contributed by atoms with van der Waals surface area (Å²) in [5.74, 6) is 0.301. The van der Waals surface area contributed by atoms with Crippen molar-refractivity contribution in [1.29, 1.82) is 0 Å². The van der Waals surface area contributed by atoms with Crippen molar-refractivity contribution in [3.05, 3.63) is 0 Å². The Morgan fingerprint density at radius 2 is 2.13 bits per heavy atom. The molecule has 5 nitrogen and oxygen atoms in total. The first-order valence-electron chi connectivity index (χ1n) is 9.07. The molecule has 2 heterocycles. The number of piperidine rings is 2. The van der Waals surface area contributed by atoms with Crippen molar-refractivity contribution in [1.82, 2.24) is 4.90 Å². The zero-order valence-corrected chi connectivity index (χ0v) is 14.1. The number of ketones is 1. The standard InChI is InChI=1S/C18H27NO4/c1-11-8-13-9-15(21)14-4-3-6-19-7-5-16(23-12(2)20)18(13,22)17(14,19)10-11/h11,13-14,16,22H,3-10H2,1-2H3/t11-,13-,14-,16+,17-,18-/m1/s1. The van der Waals surface area contributed by atoms with Gasteiger partial charge in [0.15, 0.2) is 0 Å². The monoisotopic (exact) mass is 321 g/mol. The summed E-state index contributed by atoms with van der Waals surface area (Å²) in [6.07, 6.45) is 4.22. The number of Topliss-reactive ketones (excluding diaryl/α,β-unsaturated/α-hetero) is 1. The maximum absolute atomic E-state index is 12.8. The third-order valence-electron chi connectivity index (χ3n) is 7.02. The summed E-state index contributed by atoms with van der Waals surface area (Å²) in [5.41, 5.74) is -1.58.